The molecule has 0 aliphatic carbocycles. The molecule has 1 fully saturated rings. The van der Waals surface area contributed by atoms with Crippen LogP contribution < -0.4 is 0 Å². The number of benzene rings is 1. The molecule has 1 aromatic heterocycles. The molecule has 20 heavy (non-hydrogen) atoms. The van der Waals surface area contributed by atoms with Crippen LogP contribution in [0.3, 0.4) is 0 Å². The summed E-state index contributed by atoms with van der Waals surface area (Å²) in [6.45, 7) is 3.53. The molecule has 0 amide bonds. The van der Waals surface area contributed by atoms with Gasteiger partial charge >= 0.3 is 0 Å². The highest BCUT2D eigenvalue weighted by Crippen LogP contribution is 2.19. The summed E-state index contributed by atoms with van der Waals surface area (Å²) in [5.41, 5.74) is 2.49. The Morgan fingerprint density at radius 3 is 2.50 bits per heavy atom. The molecule has 2 heterocycles. The Bertz CT molecular complexity index is 513. The molecule has 0 unspecified atom stereocenters. The van der Waals surface area contributed by atoms with Crippen molar-refractivity contribution < 1.29 is 5.11 Å². The third kappa shape index (κ3) is 3.08. The number of hydrogen-bond donors (Lipinski definition) is 1. The van der Waals surface area contributed by atoms with E-state index < -0.39 is 0 Å². The molecule has 1 aromatic carbocycles. The van der Waals surface area contributed by atoms with Gasteiger partial charge in [0.05, 0.1) is 6.33 Å². The van der Waals surface area contributed by atoms with Crippen molar-refractivity contribution in [3.63, 3.8) is 0 Å². The lowest BCUT2D eigenvalue weighted by Crippen LogP contribution is -2.34. The van der Waals surface area contributed by atoms with E-state index >= 15 is 0 Å². The van der Waals surface area contributed by atoms with Crippen LogP contribution in [-0.4, -0.2) is 39.3 Å². The van der Waals surface area contributed by atoms with Crippen molar-refractivity contribution in [2.75, 3.05) is 19.7 Å². The number of aliphatic hydroxyl groups excluding tert-OH is 1. The minimum absolute atomic E-state index is 0.341. The minimum Gasteiger partial charge on any atom is -0.396 e. The van der Waals surface area contributed by atoms with Crippen molar-refractivity contribution in [3.05, 3.63) is 48.5 Å². The number of piperidine rings is 1. The number of aromatic nitrogens is 2. The van der Waals surface area contributed by atoms with E-state index in [9.17, 15) is 0 Å². The van der Waals surface area contributed by atoms with Crippen molar-refractivity contribution in [2.24, 2.45) is 5.92 Å². The molecule has 1 aliphatic heterocycles. The molecule has 1 N–H and O–H groups in total. The lowest BCUT2D eigenvalue weighted by atomic mass is 9.97. The van der Waals surface area contributed by atoms with Crippen molar-refractivity contribution in [3.8, 4) is 5.69 Å². The van der Waals surface area contributed by atoms with Gasteiger partial charge in [0.25, 0.3) is 0 Å². The van der Waals surface area contributed by atoms with Crippen LogP contribution in [-0.2, 0) is 6.54 Å². The van der Waals surface area contributed by atoms with Crippen LogP contribution in [0.15, 0.2) is 43.0 Å². The highest BCUT2D eigenvalue weighted by molar-refractivity contribution is 5.34. The van der Waals surface area contributed by atoms with Gasteiger partial charge < -0.3 is 9.67 Å². The van der Waals surface area contributed by atoms with Crippen molar-refractivity contribution in [1.82, 2.24) is 14.5 Å². The normalized spacial score (nSPS) is 17.4. The average molecular weight is 271 g/mol. The van der Waals surface area contributed by atoms with Crippen LogP contribution >= 0.6 is 0 Å². The fraction of sp³-hybridized carbons (Fsp3) is 0.438. The van der Waals surface area contributed by atoms with Gasteiger partial charge in [0.15, 0.2) is 0 Å². The lowest BCUT2D eigenvalue weighted by molar-refractivity contribution is 0.127. The van der Waals surface area contributed by atoms with Crippen LogP contribution in [0.5, 0.6) is 0 Å². The monoisotopic (exact) mass is 271 g/mol. The first-order chi connectivity index (χ1) is 9.85. The Balaban J connectivity index is 1.59. The molecule has 0 atom stereocenters. The molecular formula is C16H21N3O. The third-order valence-electron chi connectivity index (χ3n) is 4.11. The van der Waals surface area contributed by atoms with E-state index in [1.54, 1.807) is 6.20 Å². The van der Waals surface area contributed by atoms with Crippen molar-refractivity contribution in [1.29, 1.82) is 0 Å². The number of likely N-dealkylation sites (tertiary alicyclic amines) is 1. The van der Waals surface area contributed by atoms with Crippen molar-refractivity contribution >= 4 is 0 Å². The lowest BCUT2D eigenvalue weighted by Gasteiger charge is -2.31. The maximum absolute atomic E-state index is 9.16. The second-order valence-electron chi connectivity index (χ2n) is 5.54. The van der Waals surface area contributed by atoms with Crippen LogP contribution in [0.2, 0.25) is 0 Å². The van der Waals surface area contributed by atoms with E-state index in [0.29, 0.717) is 12.5 Å². The van der Waals surface area contributed by atoms with E-state index in [1.807, 2.05) is 17.1 Å². The third-order valence-corrected chi connectivity index (χ3v) is 4.11. The number of aliphatic hydroxyl groups is 1. The Morgan fingerprint density at radius 2 is 1.90 bits per heavy atom. The Morgan fingerprint density at radius 1 is 1.15 bits per heavy atom. The Hall–Kier alpha value is -1.65. The predicted octanol–water partition coefficient (Wildman–Crippen LogP) is 2.08. The molecule has 1 aliphatic rings. The standard InChI is InChI=1S/C16H21N3O/c20-12-15-5-8-18(9-6-15)11-14-1-3-16(4-2-14)19-10-7-17-13-19/h1-4,7,10,13,15,20H,5-6,8-9,11-12H2. The molecule has 2 aromatic rings. The van der Waals surface area contributed by atoms with Crippen LogP contribution in [0.1, 0.15) is 18.4 Å². The van der Waals surface area contributed by atoms with Gasteiger partial charge in [-0.2, -0.15) is 0 Å². The number of nitrogens with zero attached hydrogens (tertiary/aromatic N) is 3. The average Bonchev–Trinajstić information content (AvgIpc) is 3.03. The van der Waals surface area contributed by atoms with Gasteiger partial charge in [-0.05, 0) is 49.5 Å². The predicted molar refractivity (Wildman–Crippen MR) is 78.7 cm³/mol. The summed E-state index contributed by atoms with van der Waals surface area (Å²) in [7, 11) is 0. The van der Waals surface area contributed by atoms with E-state index in [1.165, 1.54) is 5.56 Å². The highest BCUT2D eigenvalue weighted by Gasteiger charge is 2.18. The summed E-state index contributed by atoms with van der Waals surface area (Å²) in [4.78, 5) is 6.53. The summed E-state index contributed by atoms with van der Waals surface area (Å²) in [6, 6.07) is 8.65. The molecule has 3 rings (SSSR count). The molecule has 0 radical (unpaired) electrons. The van der Waals surface area contributed by atoms with Gasteiger partial charge in [-0.1, -0.05) is 12.1 Å². The Labute approximate surface area is 119 Å². The van der Waals surface area contributed by atoms with Gasteiger partial charge in [-0.25, -0.2) is 4.98 Å². The van der Waals surface area contributed by atoms with E-state index in [4.69, 9.17) is 5.11 Å². The van der Waals surface area contributed by atoms with Gasteiger partial charge in [-0.15, -0.1) is 0 Å². The molecule has 4 heteroatoms. The molecule has 0 bridgehead atoms. The summed E-state index contributed by atoms with van der Waals surface area (Å²) in [5, 5.41) is 9.16. The smallest absolute Gasteiger partial charge is 0.0991 e. The zero-order valence-electron chi connectivity index (χ0n) is 11.7. The molecule has 4 nitrogen and oxygen atoms in total. The van der Waals surface area contributed by atoms with E-state index in [-0.39, 0.29) is 0 Å². The minimum atomic E-state index is 0.341. The molecule has 0 saturated carbocycles. The first-order valence-electron chi connectivity index (χ1n) is 7.25. The molecular weight excluding hydrogens is 250 g/mol. The fourth-order valence-corrected chi connectivity index (χ4v) is 2.77. The van der Waals surface area contributed by atoms with Gasteiger partial charge in [0.1, 0.15) is 0 Å². The summed E-state index contributed by atoms with van der Waals surface area (Å²) >= 11 is 0. The van der Waals surface area contributed by atoms with Crippen LogP contribution in [0.25, 0.3) is 5.69 Å². The number of rotatable bonds is 4. The maximum Gasteiger partial charge on any atom is 0.0991 e. The number of hydrogen-bond acceptors (Lipinski definition) is 3. The topological polar surface area (TPSA) is 41.3 Å². The summed E-state index contributed by atoms with van der Waals surface area (Å²) in [6.07, 6.45) is 7.79. The summed E-state index contributed by atoms with van der Waals surface area (Å²) in [5.74, 6) is 0.509. The van der Waals surface area contributed by atoms with Gasteiger partial charge in [0, 0.05) is 31.2 Å². The quantitative estimate of drug-likeness (QED) is 0.925. The summed E-state index contributed by atoms with van der Waals surface area (Å²) < 4.78 is 2.01. The Kier molecular flexibility index (Phi) is 4.14. The largest absolute Gasteiger partial charge is 0.396 e. The zero-order chi connectivity index (χ0) is 13.8. The zero-order valence-corrected chi connectivity index (χ0v) is 11.7. The van der Waals surface area contributed by atoms with Crippen LogP contribution in [0.4, 0.5) is 0 Å². The first-order valence-corrected chi connectivity index (χ1v) is 7.25. The van der Waals surface area contributed by atoms with Gasteiger partial charge in [-0.3, -0.25) is 4.90 Å². The van der Waals surface area contributed by atoms with Crippen molar-refractivity contribution in [2.45, 2.75) is 19.4 Å². The van der Waals surface area contributed by atoms with Crippen LogP contribution in [0, 0.1) is 5.92 Å². The van der Waals surface area contributed by atoms with E-state index in [2.05, 4.69) is 34.1 Å². The first kappa shape index (κ1) is 13.3. The molecule has 1 saturated heterocycles. The molecule has 106 valence electrons. The second kappa shape index (κ2) is 6.20. The highest BCUT2D eigenvalue weighted by atomic mass is 16.3. The second-order valence-corrected chi connectivity index (χ2v) is 5.54. The fourth-order valence-electron chi connectivity index (χ4n) is 2.77. The SMILES string of the molecule is OCC1CCN(Cc2ccc(-n3ccnc3)cc2)CC1. The van der Waals surface area contributed by atoms with E-state index in [0.717, 1.165) is 38.2 Å². The maximum atomic E-state index is 9.16. The van der Waals surface area contributed by atoms with Gasteiger partial charge in [0.2, 0.25) is 0 Å². The number of imidazole rings is 1. The molecule has 0 spiro atoms.